The summed E-state index contributed by atoms with van der Waals surface area (Å²) in [6, 6.07) is 16.5. The van der Waals surface area contributed by atoms with Crippen molar-refractivity contribution in [3.05, 3.63) is 59.7 Å². The van der Waals surface area contributed by atoms with E-state index >= 15 is 0 Å². The Labute approximate surface area is 176 Å². The zero-order chi connectivity index (χ0) is 20.7. The van der Waals surface area contributed by atoms with Gasteiger partial charge < -0.3 is 14.7 Å². The van der Waals surface area contributed by atoms with Gasteiger partial charge in [0, 0.05) is 19.0 Å². The van der Waals surface area contributed by atoms with Gasteiger partial charge in [-0.25, -0.2) is 4.79 Å². The molecular weight excluding hydrogens is 378 g/mol. The van der Waals surface area contributed by atoms with Crippen molar-refractivity contribution in [2.24, 2.45) is 11.3 Å². The molecule has 0 bridgehead atoms. The van der Waals surface area contributed by atoms with E-state index in [4.69, 9.17) is 4.74 Å². The molecule has 5 rings (SSSR count). The molecule has 2 aliphatic carbocycles. The third-order valence-corrected chi connectivity index (χ3v) is 7.46. The molecule has 1 saturated heterocycles. The molecule has 5 heteroatoms. The third kappa shape index (κ3) is 2.99. The normalized spacial score (nSPS) is 23.4. The van der Waals surface area contributed by atoms with Gasteiger partial charge in [0.2, 0.25) is 0 Å². The number of fused-ring (bicyclic) bond motifs is 3. The second-order valence-electron chi connectivity index (χ2n) is 8.92. The molecule has 2 fully saturated rings. The Morgan fingerprint density at radius 3 is 2.20 bits per heavy atom. The molecule has 3 aliphatic rings. The first kappa shape index (κ1) is 19.2. The second kappa shape index (κ2) is 7.46. The molecule has 0 radical (unpaired) electrons. The molecule has 2 aromatic rings. The van der Waals surface area contributed by atoms with Crippen LogP contribution in [0, 0.1) is 11.3 Å². The number of rotatable bonds is 4. The zero-order valence-electron chi connectivity index (χ0n) is 17.0. The smallest absolute Gasteiger partial charge is 0.409 e. The lowest BCUT2D eigenvalue weighted by Gasteiger charge is -2.30. The maximum Gasteiger partial charge on any atom is 0.409 e. The van der Waals surface area contributed by atoms with Crippen molar-refractivity contribution in [2.45, 2.75) is 38.0 Å². The van der Waals surface area contributed by atoms with Crippen LogP contribution in [0.25, 0.3) is 11.1 Å². The van der Waals surface area contributed by atoms with Gasteiger partial charge in [-0.1, -0.05) is 61.4 Å². The van der Waals surface area contributed by atoms with E-state index in [2.05, 4.69) is 24.3 Å². The number of carboxylic acid groups (broad SMARTS) is 1. The van der Waals surface area contributed by atoms with Crippen LogP contribution >= 0.6 is 0 Å². The van der Waals surface area contributed by atoms with Crippen LogP contribution in [0.3, 0.4) is 0 Å². The predicted octanol–water partition coefficient (Wildman–Crippen LogP) is 4.90. The van der Waals surface area contributed by atoms with Gasteiger partial charge in [0.15, 0.2) is 0 Å². The Hall–Kier alpha value is -2.82. The molecule has 5 nitrogen and oxygen atoms in total. The van der Waals surface area contributed by atoms with E-state index in [-0.39, 0.29) is 25.0 Å². The van der Waals surface area contributed by atoms with Gasteiger partial charge in [-0.3, -0.25) is 4.79 Å². The molecule has 0 aromatic heterocycles. The minimum absolute atomic E-state index is 0.0167. The van der Waals surface area contributed by atoms with Gasteiger partial charge in [-0.15, -0.1) is 0 Å². The summed E-state index contributed by atoms with van der Waals surface area (Å²) in [6.45, 7) is 0.996. The molecule has 156 valence electrons. The fourth-order valence-electron chi connectivity index (χ4n) is 5.84. The summed E-state index contributed by atoms with van der Waals surface area (Å²) in [5.74, 6) is -0.576. The van der Waals surface area contributed by atoms with Crippen LogP contribution in [0.15, 0.2) is 48.5 Å². The standard InChI is InChI=1S/C25H27NO4/c27-23(28)25(17-7-1-2-8-17)13-14-26(16-25)24(29)30-15-22-20-11-5-3-9-18(20)19-10-4-6-12-21(19)22/h3-6,9-12,17,22H,1-2,7-8,13-16H2,(H,27,28). The topological polar surface area (TPSA) is 66.8 Å². The lowest BCUT2D eigenvalue weighted by molar-refractivity contribution is -0.151. The Bertz CT molecular complexity index is 935. The van der Waals surface area contributed by atoms with Crippen molar-refractivity contribution in [3.63, 3.8) is 0 Å². The van der Waals surface area contributed by atoms with Gasteiger partial charge in [-0.2, -0.15) is 0 Å². The summed E-state index contributed by atoms with van der Waals surface area (Å²) in [5.41, 5.74) is 3.95. The Kier molecular flexibility index (Phi) is 4.76. The maximum absolute atomic E-state index is 12.9. The lowest BCUT2D eigenvalue weighted by Crippen LogP contribution is -2.42. The third-order valence-electron chi connectivity index (χ3n) is 7.46. The predicted molar refractivity (Wildman–Crippen MR) is 113 cm³/mol. The summed E-state index contributed by atoms with van der Waals surface area (Å²) in [4.78, 5) is 26.6. The number of benzene rings is 2. The number of amides is 1. The highest BCUT2D eigenvalue weighted by atomic mass is 16.6. The molecule has 0 spiro atoms. The highest BCUT2D eigenvalue weighted by Crippen LogP contribution is 2.47. The van der Waals surface area contributed by atoms with Crippen LogP contribution in [0.5, 0.6) is 0 Å². The maximum atomic E-state index is 12.9. The van der Waals surface area contributed by atoms with E-state index in [9.17, 15) is 14.7 Å². The Balaban J connectivity index is 1.30. The van der Waals surface area contributed by atoms with Crippen molar-refractivity contribution in [1.82, 2.24) is 4.90 Å². The van der Waals surface area contributed by atoms with E-state index in [1.54, 1.807) is 4.90 Å². The quantitative estimate of drug-likeness (QED) is 0.785. The monoisotopic (exact) mass is 405 g/mol. The number of hydrogen-bond donors (Lipinski definition) is 1. The van der Waals surface area contributed by atoms with Crippen LogP contribution in [0.4, 0.5) is 4.79 Å². The summed E-state index contributed by atoms with van der Waals surface area (Å²) >= 11 is 0. The molecule has 1 saturated carbocycles. The summed E-state index contributed by atoms with van der Waals surface area (Å²) < 4.78 is 5.75. The van der Waals surface area contributed by atoms with Gasteiger partial charge >= 0.3 is 12.1 Å². The number of aliphatic carboxylic acids is 1. The van der Waals surface area contributed by atoms with Crippen LogP contribution < -0.4 is 0 Å². The van der Waals surface area contributed by atoms with Crippen LogP contribution in [0.2, 0.25) is 0 Å². The van der Waals surface area contributed by atoms with E-state index in [0.717, 1.165) is 25.7 Å². The molecule has 1 aliphatic heterocycles. The Morgan fingerprint density at radius 2 is 1.60 bits per heavy atom. The summed E-state index contributed by atoms with van der Waals surface area (Å²) in [5, 5.41) is 9.97. The van der Waals surface area contributed by atoms with Gasteiger partial charge in [-0.05, 0) is 47.4 Å². The Morgan fingerprint density at radius 1 is 1.00 bits per heavy atom. The van der Waals surface area contributed by atoms with E-state index in [0.29, 0.717) is 13.0 Å². The fourth-order valence-corrected chi connectivity index (χ4v) is 5.84. The molecule has 1 unspecified atom stereocenters. The largest absolute Gasteiger partial charge is 0.481 e. The summed E-state index contributed by atoms with van der Waals surface area (Å²) in [7, 11) is 0. The minimum Gasteiger partial charge on any atom is -0.481 e. The van der Waals surface area contributed by atoms with Crippen molar-refractivity contribution < 1.29 is 19.4 Å². The van der Waals surface area contributed by atoms with Crippen LogP contribution in [-0.2, 0) is 9.53 Å². The average molecular weight is 405 g/mol. The van der Waals surface area contributed by atoms with Crippen molar-refractivity contribution in [1.29, 1.82) is 0 Å². The highest BCUT2D eigenvalue weighted by Gasteiger charge is 2.52. The molecule has 1 amide bonds. The van der Waals surface area contributed by atoms with Gasteiger partial charge in [0.05, 0.1) is 5.41 Å². The molecule has 30 heavy (non-hydrogen) atoms. The van der Waals surface area contributed by atoms with Crippen molar-refractivity contribution in [3.8, 4) is 11.1 Å². The number of carboxylic acids is 1. The molecule has 2 aromatic carbocycles. The zero-order valence-corrected chi connectivity index (χ0v) is 17.0. The van der Waals surface area contributed by atoms with Crippen LogP contribution in [0.1, 0.15) is 49.1 Å². The van der Waals surface area contributed by atoms with E-state index in [1.165, 1.54) is 22.3 Å². The number of hydrogen-bond acceptors (Lipinski definition) is 3. The fraction of sp³-hybridized carbons (Fsp3) is 0.440. The number of carbonyl (C=O) groups is 2. The average Bonchev–Trinajstić information content (AvgIpc) is 3.50. The number of nitrogens with zero attached hydrogens (tertiary/aromatic N) is 1. The van der Waals surface area contributed by atoms with Crippen LogP contribution in [-0.4, -0.2) is 41.8 Å². The molecule has 1 heterocycles. The van der Waals surface area contributed by atoms with E-state index < -0.39 is 17.5 Å². The van der Waals surface area contributed by atoms with E-state index in [1.807, 2.05) is 24.3 Å². The van der Waals surface area contributed by atoms with Crippen molar-refractivity contribution >= 4 is 12.1 Å². The molecule has 1 N–H and O–H groups in total. The number of carbonyl (C=O) groups excluding carboxylic acids is 1. The summed E-state index contributed by atoms with van der Waals surface area (Å²) in [6.07, 6.45) is 4.21. The number of likely N-dealkylation sites (tertiary alicyclic amines) is 1. The second-order valence-corrected chi connectivity index (χ2v) is 8.92. The molecule has 1 atom stereocenters. The van der Waals surface area contributed by atoms with Gasteiger partial charge in [0.25, 0.3) is 0 Å². The molecular formula is C25H27NO4. The van der Waals surface area contributed by atoms with Crippen molar-refractivity contribution in [2.75, 3.05) is 19.7 Å². The first-order chi connectivity index (χ1) is 14.6. The number of ether oxygens (including phenoxy) is 1. The SMILES string of the molecule is O=C(OCC1c2ccccc2-c2ccccc21)N1CCC(C(=O)O)(C2CCCC2)C1. The van der Waals surface area contributed by atoms with Gasteiger partial charge in [0.1, 0.15) is 6.61 Å². The highest BCUT2D eigenvalue weighted by molar-refractivity contribution is 5.80. The minimum atomic E-state index is -0.803. The lowest BCUT2D eigenvalue weighted by atomic mass is 9.73. The first-order valence-electron chi connectivity index (χ1n) is 10.9. The first-order valence-corrected chi connectivity index (χ1v) is 10.9.